The Morgan fingerprint density at radius 1 is 1.22 bits per heavy atom. The molecule has 2 rings (SSSR count). The minimum Gasteiger partial charge on any atom is -0.476 e. The van der Waals surface area contributed by atoms with Crippen molar-refractivity contribution in [2.45, 2.75) is 13.8 Å². The van der Waals surface area contributed by atoms with E-state index < -0.39 is 5.97 Å². The maximum absolute atomic E-state index is 11.0. The molecule has 0 spiro atoms. The number of hydrogen-bond acceptors (Lipinski definition) is 4. The van der Waals surface area contributed by atoms with Crippen LogP contribution in [0.2, 0.25) is 0 Å². The van der Waals surface area contributed by atoms with Crippen LogP contribution in [0.15, 0.2) is 22.8 Å². The monoisotopic (exact) mass is 307 g/mol. The molecule has 0 radical (unpaired) electrons. The highest BCUT2D eigenvalue weighted by molar-refractivity contribution is 9.10. The lowest BCUT2D eigenvalue weighted by atomic mass is 10.2. The molecule has 5 nitrogen and oxygen atoms in total. The van der Waals surface area contributed by atoms with Gasteiger partial charge in [-0.2, -0.15) is 0 Å². The van der Waals surface area contributed by atoms with Gasteiger partial charge >= 0.3 is 5.97 Å². The van der Waals surface area contributed by atoms with E-state index in [1.807, 2.05) is 26.0 Å². The third-order valence-corrected chi connectivity index (χ3v) is 2.87. The molecule has 0 aromatic carbocycles. The smallest absolute Gasteiger partial charge is 0.355 e. The Hall–Kier alpha value is -1.82. The first-order valence-electron chi connectivity index (χ1n) is 5.19. The van der Waals surface area contributed by atoms with Crippen molar-refractivity contribution in [2.24, 2.45) is 0 Å². The number of carbonyl (C=O) groups is 1. The maximum Gasteiger partial charge on any atom is 0.355 e. The van der Waals surface area contributed by atoms with Crippen LogP contribution >= 0.6 is 15.9 Å². The number of aromatic carboxylic acids is 1. The summed E-state index contributed by atoms with van der Waals surface area (Å²) in [6.07, 6.45) is 1.44. The second-order valence-electron chi connectivity index (χ2n) is 3.83. The molecule has 0 amide bonds. The summed E-state index contributed by atoms with van der Waals surface area (Å²) in [7, 11) is 0. The van der Waals surface area contributed by atoms with E-state index in [4.69, 9.17) is 5.11 Å². The van der Waals surface area contributed by atoms with Crippen molar-refractivity contribution >= 4 is 21.9 Å². The predicted octanol–water partition coefficient (Wildman–Crippen LogP) is 2.62. The first-order chi connectivity index (χ1) is 8.47. The highest BCUT2D eigenvalue weighted by Gasteiger charge is 2.13. The van der Waals surface area contributed by atoms with E-state index in [1.165, 1.54) is 6.20 Å². The van der Waals surface area contributed by atoms with Crippen molar-refractivity contribution in [3.8, 4) is 11.4 Å². The molecule has 0 aliphatic rings. The summed E-state index contributed by atoms with van der Waals surface area (Å²) < 4.78 is 0.362. The Balaban J connectivity index is 2.57. The zero-order chi connectivity index (χ0) is 13.3. The third kappa shape index (κ3) is 2.53. The molecule has 1 N–H and O–H groups in total. The van der Waals surface area contributed by atoms with Gasteiger partial charge in [0.25, 0.3) is 0 Å². The van der Waals surface area contributed by atoms with Gasteiger partial charge in [0.1, 0.15) is 0 Å². The number of nitrogens with zero attached hydrogens (tertiary/aromatic N) is 3. The summed E-state index contributed by atoms with van der Waals surface area (Å²) in [5.41, 5.74) is 2.39. The number of rotatable bonds is 2. The van der Waals surface area contributed by atoms with E-state index in [-0.39, 0.29) is 5.69 Å². The fraction of sp³-hybridized carbons (Fsp3) is 0.167. The lowest BCUT2D eigenvalue weighted by Gasteiger charge is -2.05. The molecule has 6 heteroatoms. The van der Waals surface area contributed by atoms with Crippen LogP contribution < -0.4 is 0 Å². The summed E-state index contributed by atoms with van der Waals surface area (Å²) >= 11 is 3.11. The van der Waals surface area contributed by atoms with Gasteiger partial charge in [-0.15, -0.1) is 0 Å². The molecular weight excluding hydrogens is 298 g/mol. The Bertz CT molecular complexity index is 608. The van der Waals surface area contributed by atoms with Gasteiger partial charge in [-0.3, -0.25) is 4.98 Å². The fourth-order valence-electron chi connectivity index (χ4n) is 1.62. The Morgan fingerprint density at radius 3 is 2.39 bits per heavy atom. The molecule has 0 unspecified atom stereocenters. The van der Waals surface area contributed by atoms with Gasteiger partial charge in [0, 0.05) is 23.1 Å². The van der Waals surface area contributed by atoms with Crippen molar-refractivity contribution in [1.82, 2.24) is 15.0 Å². The molecule has 0 atom stereocenters. The van der Waals surface area contributed by atoms with Crippen LogP contribution in [0.1, 0.15) is 21.9 Å². The molecule has 2 aromatic heterocycles. The summed E-state index contributed by atoms with van der Waals surface area (Å²) in [4.78, 5) is 23.4. The predicted molar refractivity (Wildman–Crippen MR) is 69.4 cm³/mol. The van der Waals surface area contributed by atoms with Crippen molar-refractivity contribution in [3.05, 3.63) is 39.9 Å². The standard InChI is InChI=1S/C12H10BrN3O2/c1-6-3-8(4-7(2)15-6)11-14-5-9(13)10(16-11)12(17)18/h3-5H,1-2H3,(H,17,18). The van der Waals surface area contributed by atoms with E-state index in [0.717, 1.165) is 17.0 Å². The van der Waals surface area contributed by atoms with Gasteiger partial charge in [-0.25, -0.2) is 14.8 Å². The minimum atomic E-state index is -1.09. The van der Waals surface area contributed by atoms with Gasteiger partial charge in [-0.05, 0) is 41.9 Å². The fourth-order valence-corrected chi connectivity index (χ4v) is 1.98. The number of aromatic nitrogens is 3. The summed E-state index contributed by atoms with van der Waals surface area (Å²) in [6, 6.07) is 3.64. The van der Waals surface area contributed by atoms with E-state index in [9.17, 15) is 4.79 Å². The van der Waals surface area contributed by atoms with E-state index in [0.29, 0.717) is 10.3 Å². The SMILES string of the molecule is Cc1cc(-c2ncc(Br)c(C(=O)O)n2)cc(C)n1. The number of pyridine rings is 1. The van der Waals surface area contributed by atoms with Crippen LogP contribution in [0, 0.1) is 13.8 Å². The molecule has 18 heavy (non-hydrogen) atoms. The summed E-state index contributed by atoms with van der Waals surface area (Å²) in [5, 5.41) is 9.01. The molecule has 0 saturated heterocycles. The van der Waals surface area contributed by atoms with Gasteiger partial charge in [0.2, 0.25) is 0 Å². The zero-order valence-corrected chi connectivity index (χ0v) is 11.4. The number of hydrogen-bond donors (Lipinski definition) is 1. The number of carboxylic acids is 1. The Labute approximate surface area is 112 Å². The third-order valence-electron chi connectivity index (χ3n) is 2.29. The summed E-state index contributed by atoms with van der Waals surface area (Å²) in [5.74, 6) is -0.711. The Kier molecular flexibility index (Phi) is 3.38. The number of halogens is 1. The normalized spacial score (nSPS) is 10.4. The second kappa shape index (κ2) is 4.81. The number of aryl methyl sites for hydroxylation is 2. The molecule has 0 bridgehead atoms. The average Bonchev–Trinajstić information content (AvgIpc) is 2.27. The van der Waals surface area contributed by atoms with Crippen molar-refractivity contribution < 1.29 is 9.90 Å². The van der Waals surface area contributed by atoms with Gasteiger partial charge in [0.05, 0.1) is 4.47 Å². The lowest BCUT2D eigenvalue weighted by molar-refractivity contribution is 0.0689. The average molecular weight is 308 g/mol. The van der Waals surface area contributed by atoms with E-state index >= 15 is 0 Å². The van der Waals surface area contributed by atoms with Crippen LogP contribution in [0.3, 0.4) is 0 Å². The second-order valence-corrected chi connectivity index (χ2v) is 4.69. The maximum atomic E-state index is 11.0. The van der Waals surface area contributed by atoms with Crippen LogP contribution in [0.5, 0.6) is 0 Å². The van der Waals surface area contributed by atoms with Crippen molar-refractivity contribution in [2.75, 3.05) is 0 Å². The van der Waals surface area contributed by atoms with Crippen molar-refractivity contribution in [1.29, 1.82) is 0 Å². The van der Waals surface area contributed by atoms with E-state index in [1.54, 1.807) is 0 Å². The number of carboxylic acid groups (broad SMARTS) is 1. The first kappa shape index (κ1) is 12.6. The van der Waals surface area contributed by atoms with Crippen LogP contribution in [-0.2, 0) is 0 Å². The van der Waals surface area contributed by atoms with Crippen LogP contribution in [0.25, 0.3) is 11.4 Å². The molecule has 92 valence electrons. The minimum absolute atomic E-state index is 0.0490. The molecule has 2 heterocycles. The van der Waals surface area contributed by atoms with Gasteiger partial charge < -0.3 is 5.11 Å². The molecular formula is C12H10BrN3O2. The molecule has 0 aliphatic carbocycles. The Morgan fingerprint density at radius 2 is 1.83 bits per heavy atom. The van der Waals surface area contributed by atoms with Crippen LogP contribution in [-0.4, -0.2) is 26.0 Å². The van der Waals surface area contributed by atoms with Crippen LogP contribution in [0.4, 0.5) is 0 Å². The van der Waals surface area contributed by atoms with Gasteiger partial charge in [-0.1, -0.05) is 0 Å². The molecule has 0 fully saturated rings. The lowest BCUT2D eigenvalue weighted by Crippen LogP contribution is -2.04. The summed E-state index contributed by atoms with van der Waals surface area (Å²) in [6.45, 7) is 3.74. The quantitative estimate of drug-likeness (QED) is 0.923. The van der Waals surface area contributed by atoms with E-state index in [2.05, 4.69) is 30.9 Å². The topological polar surface area (TPSA) is 76.0 Å². The van der Waals surface area contributed by atoms with Crippen molar-refractivity contribution in [3.63, 3.8) is 0 Å². The van der Waals surface area contributed by atoms with Gasteiger partial charge in [0.15, 0.2) is 11.5 Å². The highest BCUT2D eigenvalue weighted by atomic mass is 79.9. The first-order valence-corrected chi connectivity index (χ1v) is 5.98. The molecule has 0 saturated carbocycles. The highest BCUT2D eigenvalue weighted by Crippen LogP contribution is 2.20. The largest absolute Gasteiger partial charge is 0.476 e. The molecule has 2 aromatic rings. The molecule has 0 aliphatic heterocycles. The zero-order valence-electron chi connectivity index (χ0n) is 9.81.